The molecule has 1 saturated heterocycles. The molecule has 3 saturated carbocycles. The van der Waals surface area contributed by atoms with Crippen LogP contribution in [0.25, 0.3) is 0 Å². The highest BCUT2D eigenvalue weighted by Crippen LogP contribution is 2.59. The van der Waals surface area contributed by atoms with Crippen molar-refractivity contribution in [1.82, 2.24) is 4.90 Å². The summed E-state index contributed by atoms with van der Waals surface area (Å²) in [4.78, 5) is 40.1. The van der Waals surface area contributed by atoms with Gasteiger partial charge in [-0.3, -0.25) is 9.69 Å². The van der Waals surface area contributed by atoms with Crippen LogP contribution >= 0.6 is 0 Å². The lowest BCUT2D eigenvalue weighted by molar-refractivity contribution is -0.164. The zero-order valence-electron chi connectivity index (χ0n) is 21.0. The van der Waals surface area contributed by atoms with Gasteiger partial charge in [0, 0.05) is 5.41 Å². The third kappa shape index (κ3) is 4.46. The van der Waals surface area contributed by atoms with E-state index >= 15 is 0 Å². The Kier molecular flexibility index (Phi) is 5.83. The number of rotatable bonds is 5. The average Bonchev–Trinajstić information content (AvgIpc) is 3.09. The van der Waals surface area contributed by atoms with Gasteiger partial charge in [-0.05, 0) is 55.9 Å². The summed E-state index contributed by atoms with van der Waals surface area (Å²) in [6, 6.07) is 7.42. The molecule has 1 aromatic carbocycles. The summed E-state index contributed by atoms with van der Waals surface area (Å²) in [6.07, 6.45) is 2.69. The highest BCUT2D eigenvalue weighted by molar-refractivity contribution is 5.84. The van der Waals surface area contributed by atoms with Crippen molar-refractivity contribution in [3.63, 3.8) is 0 Å². The van der Waals surface area contributed by atoms with Gasteiger partial charge in [0.25, 0.3) is 0 Å². The molecule has 7 heteroatoms. The van der Waals surface area contributed by atoms with Crippen molar-refractivity contribution in [2.24, 2.45) is 16.2 Å². The van der Waals surface area contributed by atoms with E-state index in [9.17, 15) is 15.8 Å². The van der Waals surface area contributed by atoms with E-state index in [0.717, 1.165) is 5.56 Å². The quantitative estimate of drug-likeness (QED) is 0.464. The lowest BCUT2D eigenvalue weighted by Crippen LogP contribution is -2.52. The topological polar surface area (TPSA) is 82.1 Å². The molecule has 0 aromatic heterocycles. The van der Waals surface area contributed by atoms with E-state index in [2.05, 4.69) is 0 Å². The zero-order chi connectivity index (χ0) is 24.8. The number of fused-ring (bicyclic) bond motifs is 3. The van der Waals surface area contributed by atoms with Crippen LogP contribution in [0.3, 0.4) is 0 Å². The molecular formula is C26H35NO6. The predicted molar refractivity (Wildman–Crippen MR) is 121 cm³/mol. The van der Waals surface area contributed by atoms with Gasteiger partial charge >= 0.3 is 18.0 Å². The van der Waals surface area contributed by atoms with Gasteiger partial charge in [0.05, 0.1) is 13.9 Å². The maximum absolute atomic E-state index is 13.4. The maximum atomic E-state index is 13.4. The third-order valence-electron chi connectivity index (χ3n) is 7.68. The van der Waals surface area contributed by atoms with Crippen LogP contribution in [0.5, 0.6) is 0 Å². The number of amides is 1. The molecule has 0 N–H and O–H groups in total. The molecule has 1 aliphatic heterocycles. The molecule has 1 heterocycles. The van der Waals surface area contributed by atoms with Crippen LogP contribution < -0.4 is 0 Å². The van der Waals surface area contributed by atoms with Crippen LogP contribution in [-0.4, -0.2) is 42.3 Å². The summed E-state index contributed by atoms with van der Waals surface area (Å²) in [5, 5.41) is 0. The lowest BCUT2D eigenvalue weighted by Gasteiger charge is -2.52. The van der Waals surface area contributed by atoms with Crippen molar-refractivity contribution in [2.45, 2.75) is 84.6 Å². The van der Waals surface area contributed by atoms with Crippen LogP contribution in [0, 0.1) is 16.2 Å². The third-order valence-corrected chi connectivity index (χ3v) is 7.68. The zero-order valence-corrected chi connectivity index (χ0v) is 20.0. The molecule has 0 radical (unpaired) electrons. The number of carbonyl (C=O) groups is 3. The monoisotopic (exact) mass is 458 g/mol. The lowest BCUT2D eigenvalue weighted by atomic mass is 9.52. The Morgan fingerprint density at radius 1 is 1.12 bits per heavy atom. The molecule has 2 bridgehead atoms. The fourth-order valence-electron chi connectivity index (χ4n) is 5.58. The van der Waals surface area contributed by atoms with Crippen LogP contribution in [0.1, 0.15) is 72.7 Å². The van der Waals surface area contributed by atoms with Crippen molar-refractivity contribution in [2.75, 3.05) is 7.11 Å². The number of esters is 2. The van der Waals surface area contributed by atoms with Crippen molar-refractivity contribution in [3.05, 3.63) is 35.9 Å². The Balaban J connectivity index is 1.57. The van der Waals surface area contributed by atoms with E-state index in [-0.39, 0.29) is 24.4 Å². The van der Waals surface area contributed by atoms with E-state index in [1.165, 1.54) is 12.0 Å². The Bertz CT molecular complexity index is 933. The fourth-order valence-corrected chi connectivity index (χ4v) is 5.58. The minimum Gasteiger partial charge on any atom is -0.469 e. The number of hydrogen-bond acceptors (Lipinski definition) is 6. The number of hydrogen-bond donors (Lipinski definition) is 0. The van der Waals surface area contributed by atoms with Crippen LogP contribution in [-0.2, 0) is 30.4 Å². The average molecular weight is 459 g/mol. The van der Waals surface area contributed by atoms with Crippen LogP contribution in [0.2, 0.25) is 0 Å². The van der Waals surface area contributed by atoms with Gasteiger partial charge < -0.3 is 14.2 Å². The molecule has 3 aliphatic carbocycles. The molecule has 33 heavy (non-hydrogen) atoms. The van der Waals surface area contributed by atoms with Crippen LogP contribution in [0.4, 0.5) is 4.79 Å². The number of benzene rings is 1. The van der Waals surface area contributed by atoms with Gasteiger partial charge in [-0.2, -0.15) is 0 Å². The number of methoxy groups -OCH3 is 1. The van der Waals surface area contributed by atoms with E-state index in [4.69, 9.17) is 14.2 Å². The second kappa shape index (κ2) is 8.65. The molecule has 5 rings (SSSR count). The summed E-state index contributed by atoms with van der Waals surface area (Å²) in [7, 11) is 1.42. The molecular weight excluding hydrogens is 422 g/mol. The molecule has 180 valence electrons. The van der Waals surface area contributed by atoms with E-state index in [1.807, 2.05) is 51.1 Å². The van der Waals surface area contributed by atoms with Crippen molar-refractivity contribution in [1.29, 1.82) is 0 Å². The minimum atomic E-state index is -1.88. The smallest absolute Gasteiger partial charge is 0.413 e. The fraction of sp³-hybridized carbons (Fsp3) is 0.654. The summed E-state index contributed by atoms with van der Waals surface area (Å²) in [6.45, 7) is 5.67. The van der Waals surface area contributed by atoms with Gasteiger partial charge in [0.15, 0.2) is 6.23 Å². The van der Waals surface area contributed by atoms with Gasteiger partial charge in [0.2, 0.25) is 0 Å². The first-order valence-electron chi connectivity index (χ1n) is 12.2. The van der Waals surface area contributed by atoms with Gasteiger partial charge in [0.1, 0.15) is 12.6 Å². The SMILES string of the molecule is [2H][C@]1(CC23CCC(C(=O)OC)(CC2)CC3)C(=O)O[C@@H](C(C)(C)C)N1C(=O)OCc1ccccc1. The second-order valence-electron chi connectivity index (χ2n) is 10.9. The first-order valence-corrected chi connectivity index (χ1v) is 11.7. The standard InChI is InChI=1S/C26H35NO6/c1-24(2,3)21-27(23(30)32-17-18-8-6-5-7-9-18)19(20(28)33-21)16-25-10-13-26(14-11-25,15-12-25)22(29)31-4/h5-9,19,21H,10-17H2,1-4H3/t19-,21-,25?,26?/m0/s1/i19D. The number of ether oxygens (including phenoxy) is 3. The Hall–Kier alpha value is -2.57. The van der Waals surface area contributed by atoms with Crippen molar-refractivity contribution in [3.8, 4) is 0 Å². The van der Waals surface area contributed by atoms with Gasteiger partial charge in [-0.25, -0.2) is 9.59 Å². The molecule has 7 nitrogen and oxygen atoms in total. The summed E-state index contributed by atoms with van der Waals surface area (Å²) in [5.74, 6) is -0.880. The molecule has 4 aliphatic rings. The van der Waals surface area contributed by atoms with E-state index in [1.54, 1.807) is 0 Å². The highest BCUT2D eigenvalue weighted by Gasteiger charge is 2.57. The Labute approximate surface area is 197 Å². The molecule has 0 unspecified atom stereocenters. The van der Waals surface area contributed by atoms with Crippen LogP contribution in [0.15, 0.2) is 30.3 Å². The predicted octanol–water partition coefficient (Wildman–Crippen LogP) is 4.83. The second-order valence-corrected chi connectivity index (χ2v) is 10.9. The molecule has 1 amide bonds. The van der Waals surface area contributed by atoms with Gasteiger partial charge in [-0.1, -0.05) is 51.1 Å². The number of cyclic esters (lactones) is 1. The normalized spacial score (nSPS) is 33.9. The first kappa shape index (κ1) is 22.2. The largest absolute Gasteiger partial charge is 0.469 e. The van der Waals surface area contributed by atoms with Crippen molar-refractivity contribution < 1.29 is 30.0 Å². The first-order chi connectivity index (χ1) is 15.9. The Morgan fingerprint density at radius 3 is 2.27 bits per heavy atom. The minimum absolute atomic E-state index is 0.0457. The molecule has 1 aromatic rings. The molecule has 0 spiro atoms. The Morgan fingerprint density at radius 2 is 1.73 bits per heavy atom. The van der Waals surface area contributed by atoms with E-state index in [0.29, 0.717) is 38.5 Å². The van der Waals surface area contributed by atoms with E-state index < -0.39 is 35.1 Å². The number of carbonyl (C=O) groups excluding carboxylic acids is 3. The van der Waals surface area contributed by atoms with Crippen molar-refractivity contribution >= 4 is 18.0 Å². The summed E-state index contributed by atoms with van der Waals surface area (Å²) < 4.78 is 25.6. The molecule has 4 fully saturated rings. The number of nitrogens with zero attached hydrogens (tertiary/aromatic N) is 1. The highest BCUT2D eigenvalue weighted by atomic mass is 16.6. The van der Waals surface area contributed by atoms with Gasteiger partial charge in [-0.15, -0.1) is 0 Å². The maximum Gasteiger partial charge on any atom is 0.413 e. The molecule has 2 atom stereocenters. The summed E-state index contributed by atoms with van der Waals surface area (Å²) >= 11 is 0. The summed E-state index contributed by atoms with van der Waals surface area (Å²) in [5.41, 5.74) is -0.533.